The highest BCUT2D eigenvalue weighted by atomic mass is 32.2. The molecule has 1 unspecified atom stereocenters. The predicted octanol–water partition coefficient (Wildman–Crippen LogP) is 1.80. The fraction of sp³-hybridized carbons (Fsp3) is 0.435. The number of nitrogens with zero attached hydrogens (tertiary/aromatic N) is 1. The quantitative estimate of drug-likeness (QED) is 0.535. The second-order valence-electron chi connectivity index (χ2n) is 7.86. The van der Waals surface area contributed by atoms with Crippen LogP contribution < -0.4 is 10.1 Å². The van der Waals surface area contributed by atoms with Crippen LogP contribution in [0.25, 0.3) is 0 Å². The van der Waals surface area contributed by atoms with Crippen molar-refractivity contribution < 1.29 is 32.5 Å². The van der Waals surface area contributed by atoms with E-state index in [4.69, 9.17) is 14.2 Å². The lowest BCUT2D eigenvalue weighted by Crippen LogP contribution is -2.50. The summed E-state index contributed by atoms with van der Waals surface area (Å²) >= 11 is 0. The van der Waals surface area contributed by atoms with Crippen molar-refractivity contribution in [3.63, 3.8) is 0 Å². The monoisotopic (exact) mass is 478 g/mol. The SMILES string of the molecule is COc1ccc(S(=O)(=O)N(C)C[C@H](O)C(Cc2ccccc2)NC(=O)O[C@H]2CCOC2)cc1. The van der Waals surface area contributed by atoms with Crippen molar-refractivity contribution in [3.05, 3.63) is 60.2 Å². The van der Waals surface area contributed by atoms with Crippen LogP contribution >= 0.6 is 0 Å². The summed E-state index contributed by atoms with van der Waals surface area (Å²) in [5.41, 5.74) is 0.881. The van der Waals surface area contributed by atoms with E-state index >= 15 is 0 Å². The van der Waals surface area contributed by atoms with E-state index in [0.29, 0.717) is 31.8 Å². The van der Waals surface area contributed by atoms with Gasteiger partial charge in [0.15, 0.2) is 0 Å². The molecule has 0 spiro atoms. The first-order valence-corrected chi connectivity index (χ1v) is 12.1. The lowest BCUT2D eigenvalue weighted by Gasteiger charge is -2.28. The minimum absolute atomic E-state index is 0.0752. The van der Waals surface area contributed by atoms with Gasteiger partial charge in [-0.25, -0.2) is 13.2 Å². The number of carbonyl (C=O) groups is 1. The van der Waals surface area contributed by atoms with E-state index in [1.807, 2.05) is 30.3 Å². The van der Waals surface area contributed by atoms with Crippen molar-refractivity contribution in [2.75, 3.05) is 33.9 Å². The number of nitrogens with one attached hydrogen (secondary N) is 1. The van der Waals surface area contributed by atoms with Gasteiger partial charge in [0, 0.05) is 20.0 Å². The topological polar surface area (TPSA) is 114 Å². The zero-order valence-electron chi connectivity index (χ0n) is 18.7. The van der Waals surface area contributed by atoms with E-state index in [9.17, 15) is 18.3 Å². The van der Waals surface area contributed by atoms with Crippen molar-refractivity contribution in [1.82, 2.24) is 9.62 Å². The van der Waals surface area contributed by atoms with Crippen LogP contribution in [0.2, 0.25) is 0 Å². The number of likely N-dealkylation sites (N-methyl/N-ethyl adjacent to an activating group) is 1. The Morgan fingerprint density at radius 2 is 1.91 bits per heavy atom. The lowest BCUT2D eigenvalue weighted by molar-refractivity contribution is 0.0661. The standard InChI is InChI=1S/C23H30N2O7S/c1-25(33(28,29)20-10-8-18(30-2)9-11-20)15-22(26)21(14-17-6-4-3-5-7-17)24-23(27)32-19-12-13-31-16-19/h3-11,19,21-22,26H,12-16H2,1-2H3,(H,24,27)/t19-,21?,22-/m0/s1. The number of hydrogen-bond acceptors (Lipinski definition) is 7. The number of rotatable bonds is 10. The molecule has 0 bridgehead atoms. The van der Waals surface area contributed by atoms with E-state index in [1.54, 1.807) is 12.1 Å². The predicted molar refractivity (Wildman–Crippen MR) is 122 cm³/mol. The van der Waals surface area contributed by atoms with E-state index < -0.39 is 28.3 Å². The highest BCUT2D eigenvalue weighted by Gasteiger charge is 2.30. The number of alkyl carbamates (subject to hydrolysis) is 1. The third-order valence-electron chi connectivity index (χ3n) is 5.44. The Morgan fingerprint density at radius 3 is 2.52 bits per heavy atom. The first-order chi connectivity index (χ1) is 15.8. The molecule has 0 saturated carbocycles. The van der Waals surface area contributed by atoms with Crippen molar-refractivity contribution in [1.29, 1.82) is 0 Å². The molecule has 1 fully saturated rings. The molecule has 3 rings (SSSR count). The summed E-state index contributed by atoms with van der Waals surface area (Å²) < 4.78 is 42.6. The van der Waals surface area contributed by atoms with Crippen LogP contribution in [0.15, 0.2) is 59.5 Å². The van der Waals surface area contributed by atoms with Crippen LogP contribution in [-0.2, 0) is 25.9 Å². The Morgan fingerprint density at radius 1 is 1.21 bits per heavy atom. The van der Waals surface area contributed by atoms with Gasteiger partial charge in [-0.05, 0) is 36.2 Å². The Balaban J connectivity index is 1.70. The van der Waals surface area contributed by atoms with Gasteiger partial charge in [0.1, 0.15) is 11.9 Å². The summed E-state index contributed by atoms with van der Waals surface area (Å²) in [6.45, 7) is 0.642. The van der Waals surface area contributed by atoms with Gasteiger partial charge in [0.05, 0.1) is 37.4 Å². The first kappa shape index (κ1) is 25.0. The maximum atomic E-state index is 12.9. The van der Waals surface area contributed by atoms with Crippen molar-refractivity contribution in [3.8, 4) is 5.75 Å². The number of benzene rings is 2. The van der Waals surface area contributed by atoms with Crippen LogP contribution in [0.1, 0.15) is 12.0 Å². The fourth-order valence-electron chi connectivity index (χ4n) is 3.51. The molecule has 10 heteroatoms. The Bertz CT molecular complexity index is 993. The first-order valence-electron chi connectivity index (χ1n) is 10.7. The molecule has 3 atom stereocenters. The molecular formula is C23H30N2O7S. The van der Waals surface area contributed by atoms with Gasteiger partial charge in [0.2, 0.25) is 10.0 Å². The van der Waals surface area contributed by atoms with Gasteiger partial charge in [-0.2, -0.15) is 4.31 Å². The van der Waals surface area contributed by atoms with E-state index in [2.05, 4.69) is 5.32 Å². The smallest absolute Gasteiger partial charge is 0.407 e. The Kier molecular flexibility index (Phi) is 8.67. The van der Waals surface area contributed by atoms with Gasteiger partial charge < -0.3 is 24.6 Å². The summed E-state index contributed by atoms with van der Waals surface area (Å²) in [5.74, 6) is 0.537. The lowest BCUT2D eigenvalue weighted by atomic mass is 10.0. The van der Waals surface area contributed by atoms with Crippen molar-refractivity contribution >= 4 is 16.1 Å². The molecule has 1 amide bonds. The minimum Gasteiger partial charge on any atom is -0.497 e. The molecule has 2 aromatic carbocycles. The van der Waals surface area contributed by atoms with Gasteiger partial charge in [-0.3, -0.25) is 0 Å². The highest BCUT2D eigenvalue weighted by molar-refractivity contribution is 7.89. The summed E-state index contributed by atoms with van der Waals surface area (Å²) in [5, 5.41) is 13.6. The molecule has 2 N–H and O–H groups in total. The summed E-state index contributed by atoms with van der Waals surface area (Å²) in [6.07, 6.45) is -1.28. The average molecular weight is 479 g/mol. The third kappa shape index (κ3) is 6.91. The molecule has 0 aliphatic carbocycles. The summed E-state index contributed by atoms with van der Waals surface area (Å²) in [7, 11) is -0.973. The number of hydrogen-bond donors (Lipinski definition) is 2. The number of ether oxygens (including phenoxy) is 3. The van der Waals surface area contributed by atoms with Gasteiger partial charge in [-0.1, -0.05) is 30.3 Å². The number of aliphatic hydroxyl groups is 1. The van der Waals surface area contributed by atoms with Crippen LogP contribution in [0, 0.1) is 0 Å². The molecule has 0 radical (unpaired) electrons. The zero-order chi connectivity index (χ0) is 23.8. The molecule has 1 saturated heterocycles. The van der Waals surface area contributed by atoms with Gasteiger partial charge >= 0.3 is 6.09 Å². The normalized spacial score (nSPS) is 18.0. The number of aliphatic hydroxyl groups excluding tert-OH is 1. The molecular weight excluding hydrogens is 448 g/mol. The van der Waals surface area contributed by atoms with E-state index in [-0.39, 0.29) is 17.5 Å². The molecule has 1 aliphatic rings. The molecule has 0 aromatic heterocycles. The number of amides is 1. The molecule has 180 valence electrons. The van der Waals surface area contributed by atoms with Gasteiger partial charge in [0.25, 0.3) is 0 Å². The second kappa shape index (κ2) is 11.5. The largest absolute Gasteiger partial charge is 0.497 e. The summed E-state index contributed by atoms with van der Waals surface area (Å²) in [6, 6.07) is 14.5. The molecule has 1 aliphatic heterocycles. The van der Waals surface area contributed by atoms with Crippen molar-refractivity contribution in [2.45, 2.75) is 36.0 Å². The van der Waals surface area contributed by atoms with Crippen LogP contribution in [-0.4, -0.2) is 76.1 Å². The maximum Gasteiger partial charge on any atom is 0.407 e. The average Bonchev–Trinajstić information content (AvgIpc) is 3.32. The van der Waals surface area contributed by atoms with Crippen molar-refractivity contribution in [2.24, 2.45) is 0 Å². The molecule has 1 heterocycles. The van der Waals surface area contributed by atoms with E-state index in [0.717, 1.165) is 9.87 Å². The molecule has 2 aromatic rings. The van der Waals surface area contributed by atoms with E-state index in [1.165, 1.54) is 26.3 Å². The molecule has 33 heavy (non-hydrogen) atoms. The number of sulfonamides is 1. The van der Waals surface area contributed by atoms with Crippen LogP contribution in [0.5, 0.6) is 5.75 Å². The molecule has 9 nitrogen and oxygen atoms in total. The highest BCUT2D eigenvalue weighted by Crippen LogP contribution is 2.19. The second-order valence-corrected chi connectivity index (χ2v) is 9.90. The van der Waals surface area contributed by atoms with Gasteiger partial charge in [-0.15, -0.1) is 0 Å². The minimum atomic E-state index is -3.86. The zero-order valence-corrected chi connectivity index (χ0v) is 19.5. The Labute approximate surface area is 194 Å². The van der Waals surface area contributed by atoms with Crippen LogP contribution in [0.4, 0.5) is 4.79 Å². The summed E-state index contributed by atoms with van der Waals surface area (Å²) in [4.78, 5) is 12.5. The number of methoxy groups -OCH3 is 1. The Hall–Kier alpha value is -2.66. The fourth-order valence-corrected chi connectivity index (χ4v) is 4.70. The number of carbonyl (C=O) groups excluding carboxylic acids is 1. The third-order valence-corrected chi connectivity index (χ3v) is 7.28. The maximum absolute atomic E-state index is 12.9. The van der Waals surface area contributed by atoms with Crippen LogP contribution in [0.3, 0.4) is 0 Å².